The molecule has 110 valence electrons. The van der Waals surface area contributed by atoms with E-state index in [-0.39, 0.29) is 35.8 Å². The summed E-state index contributed by atoms with van der Waals surface area (Å²) in [5.74, 6) is 0.327. The predicted molar refractivity (Wildman–Crippen MR) is 78.1 cm³/mol. The highest BCUT2D eigenvalue weighted by molar-refractivity contribution is 8.00. The summed E-state index contributed by atoms with van der Waals surface area (Å²) in [6.07, 6.45) is 0.891. The number of aldehydes is 1. The fourth-order valence-electron chi connectivity index (χ4n) is 1.70. The van der Waals surface area contributed by atoms with Crippen molar-refractivity contribution in [3.05, 3.63) is 0 Å². The fourth-order valence-corrected chi connectivity index (χ4v) is 2.47. The van der Waals surface area contributed by atoms with Gasteiger partial charge in [0, 0.05) is 25.9 Å². The Kier molecular flexibility index (Phi) is 8.67. The maximum atomic E-state index is 12.1. The Labute approximate surface area is 119 Å². The number of rotatable bonds is 9. The van der Waals surface area contributed by atoms with Crippen molar-refractivity contribution in [2.45, 2.75) is 38.5 Å². The molecule has 0 saturated carbocycles. The Morgan fingerprint density at radius 1 is 1.37 bits per heavy atom. The molecule has 0 radical (unpaired) electrons. The molecule has 0 spiro atoms. The van der Waals surface area contributed by atoms with Crippen LogP contribution in [0.1, 0.15) is 27.2 Å². The lowest BCUT2D eigenvalue weighted by Crippen LogP contribution is -2.49. The number of hydrogen-bond acceptors (Lipinski definition) is 5. The molecule has 0 rings (SSSR count). The van der Waals surface area contributed by atoms with E-state index in [0.717, 1.165) is 12.0 Å². The summed E-state index contributed by atoms with van der Waals surface area (Å²) in [7, 11) is 1.57. The van der Waals surface area contributed by atoms with E-state index in [4.69, 9.17) is 5.73 Å². The van der Waals surface area contributed by atoms with Gasteiger partial charge in [-0.1, -0.05) is 20.8 Å². The third-order valence-corrected chi connectivity index (χ3v) is 3.93. The first-order valence-corrected chi connectivity index (χ1v) is 7.50. The minimum Gasteiger partial charge on any atom is -0.334 e. The monoisotopic (exact) mass is 288 g/mol. The van der Waals surface area contributed by atoms with Crippen LogP contribution in [0.25, 0.3) is 0 Å². The molecule has 0 aromatic rings. The van der Waals surface area contributed by atoms with Crippen LogP contribution in [0.2, 0.25) is 0 Å². The average Bonchev–Trinajstić information content (AvgIpc) is 2.38. The van der Waals surface area contributed by atoms with Gasteiger partial charge in [-0.2, -0.15) is 11.8 Å². The molecule has 0 bridgehead atoms. The van der Waals surface area contributed by atoms with Gasteiger partial charge in [-0.15, -0.1) is 0 Å². The highest BCUT2D eigenvalue weighted by atomic mass is 32.2. The van der Waals surface area contributed by atoms with E-state index in [9.17, 15) is 14.4 Å². The minimum atomic E-state index is -0.605. The molecule has 0 fully saturated rings. The normalized spacial score (nSPS) is 14.0. The lowest BCUT2D eigenvalue weighted by atomic mass is 10.0. The molecule has 2 unspecified atom stereocenters. The molecule has 0 aliphatic heterocycles. The van der Waals surface area contributed by atoms with E-state index < -0.39 is 6.04 Å². The largest absolute Gasteiger partial charge is 0.334 e. The second kappa shape index (κ2) is 9.09. The van der Waals surface area contributed by atoms with Crippen LogP contribution in [0.3, 0.4) is 0 Å². The number of carbonyl (C=O) groups is 3. The van der Waals surface area contributed by atoms with Crippen LogP contribution >= 0.6 is 11.8 Å². The number of nitrogens with zero attached hydrogens (tertiary/aromatic N) is 1. The number of nitrogens with two attached hydrogens (primary N) is 1. The number of hydrogen-bond donors (Lipinski definition) is 1. The van der Waals surface area contributed by atoms with E-state index in [1.807, 2.05) is 6.92 Å². The van der Waals surface area contributed by atoms with Gasteiger partial charge in [-0.05, 0) is 5.75 Å². The summed E-state index contributed by atoms with van der Waals surface area (Å²) >= 11 is 1.42. The number of carbonyl (C=O) groups excluding carboxylic acids is 3. The Morgan fingerprint density at radius 2 is 1.95 bits per heavy atom. The maximum absolute atomic E-state index is 12.1. The lowest BCUT2D eigenvalue weighted by Gasteiger charge is -2.28. The molecule has 6 heteroatoms. The molecular weight excluding hydrogens is 264 g/mol. The zero-order valence-electron chi connectivity index (χ0n) is 12.1. The van der Waals surface area contributed by atoms with Gasteiger partial charge in [0.15, 0.2) is 5.78 Å². The van der Waals surface area contributed by atoms with Crippen LogP contribution in [0.5, 0.6) is 0 Å². The molecular formula is C13H24N2O3S. The number of Topliss-reactive ketones (excluding diaryl/α,β-unsaturated/α-hetero) is 1. The quantitative estimate of drug-likeness (QED) is 0.632. The Morgan fingerprint density at radius 3 is 2.32 bits per heavy atom. The molecule has 1 amide bonds. The van der Waals surface area contributed by atoms with Crippen LogP contribution in [0.15, 0.2) is 0 Å². The molecule has 5 nitrogen and oxygen atoms in total. The van der Waals surface area contributed by atoms with Gasteiger partial charge in [0.25, 0.3) is 0 Å². The third-order valence-electron chi connectivity index (χ3n) is 2.89. The Hall–Kier alpha value is -0.880. The van der Waals surface area contributed by atoms with Crippen molar-refractivity contribution in [3.63, 3.8) is 0 Å². The smallest absolute Gasteiger partial charge is 0.224 e. The number of thioether (sulfide) groups is 1. The molecule has 0 aromatic carbocycles. The van der Waals surface area contributed by atoms with Crippen molar-refractivity contribution in [1.29, 1.82) is 0 Å². The molecule has 0 aliphatic carbocycles. The number of amides is 1. The Balaban J connectivity index is 4.68. The second-order valence-electron chi connectivity index (χ2n) is 4.65. The third kappa shape index (κ3) is 5.74. The van der Waals surface area contributed by atoms with E-state index in [1.165, 1.54) is 16.7 Å². The van der Waals surface area contributed by atoms with Crippen molar-refractivity contribution in [3.8, 4) is 0 Å². The summed E-state index contributed by atoms with van der Waals surface area (Å²) in [5.41, 5.74) is 5.58. The van der Waals surface area contributed by atoms with Crippen LogP contribution in [0, 0.1) is 5.92 Å². The molecule has 0 aliphatic rings. The molecule has 2 N–H and O–H groups in total. The maximum Gasteiger partial charge on any atom is 0.224 e. The molecule has 2 atom stereocenters. The zero-order valence-corrected chi connectivity index (χ0v) is 12.9. The first-order valence-electron chi connectivity index (χ1n) is 6.45. The first kappa shape index (κ1) is 18.1. The Bertz CT molecular complexity index is 321. The standard InChI is InChI=1S/C13H24N2O3S/c1-5-19-10(8-16)6-12(17)15(4)11(7-14)13(18)9(2)3/h8-11H,5-7,14H2,1-4H3. The van der Waals surface area contributed by atoms with Crippen LogP contribution < -0.4 is 5.73 Å². The van der Waals surface area contributed by atoms with Crippen LogP contribution in [-0.2, 0) is 14.4 Å². The average molecular weight is 288 g/mol. The summed E-state index contributed by atoms with van der Waals surface area (Å²) in [6.45, 7) is 5.60. The molecule has 0 aromatic heterocycles. The highest BCUT2D eigenvalue weighted by Gasteiger charge is 2.28. The van der Waals surface area contributed by atoms with Gasteiger partial charge >= 0.3 is 0 Å². The van der Waals surface area contributed by atoms with E-state index >= 15 is 0 Å². The zero-order chi connectivity index (χ0) is 15.0. The van der Waals surface area contributed by atoms with Gasteiger partial charge < -0.3 is 15.4 Å². The topological polar surface area (TPSA) is 80.5 Å². The van der Waals surface area contributed by atoms with E-state index in [0.29, 0.717) is 0 Å². The first-order chi connectivity index (χ1) is 8.88. The van der Waals surface area contributed by atoms with Gasteiger partial charge in [-0.25, -0.2) is 0 Å². The summed E-state index contributed by atoms with van der Waals surface area (Å²) < 4.78 is 0. The molecule has 0 heterocycles. The number of likely N-dealkylation sites (N-methyl/N-ethyl adjacent to an activating group) is 1. The van der Waals surface area contributed by atoms with Gasteiger partial charge in [0.2, 0.25) is 5.91 Å². The fraction of sp³-hybridized carbons (Fsp3) is 0.769. The predicted octanol–water partition coefficient (Wildman–Crippen LogP) is 0.708. The molecule has 0 saturated heterocycles. The summed E-state index contributed by atoms with van der Waals surface area (Å²) in [6, 6.07) is -0.605. The minimum absolute atomic E-state index is 0.0517. The summed E-state index contributed by atoms with van der Waals surface area (Å²) in [5, 5.41) is -0.354. The molecule has 19 heavy (non-hydrogen) atoms. The van der Waals surface area contributed by atoms with Crippen molar-refractivity contribution in [2.24, 2.45) is 11.7 Å². The second-order valence-corrected chi connectivity index (χ2v) is 6.16. The summed E-state index contributed by atoms with van der Waals surface area (Å²) in [4.78, 5) is 36.2. The van der Waals surface area contributed by atoms with Crippen molar-refractivity contribution < 1.29 is 14.4 Å². The number of ketones is 1. The van der Waals surface area contributed by atoms with Crippen LogP contribution in [0.4, 0.5) is 0 Å². The van der Waals surface area contributed by atoms with Crippen LogP contribution in [-0.4, -0.2) is 53.5 Å². The van der Waals surface area contributed by atoms with Gasteiger partial charge in [0.05, 0.1) is 5.25 Å². The SMILES string of the molecule is CCSC(C=O)CC(=O)N(C)C(CN)C(=O)C(C)C. The van der Waals surface area contributed by atoms with Crippen molar-refractivity contribution in [2.75, 3.05) is 19.3 Å². The van der Waals surface area contributed by atoms with E-state index in [1.54, 1.807) is 20.9 Å². The van der Waals surface area contributed by atoms with E-state index in [2.05, 4.69) is 0 Å². The van der Waals surface area contributed by atoms with Crippen molar-refractivity contribution >= 4 is 29.7 Å². The lowest BCUT2D eigenvalue weighted by molar-refractivity contribution is -0.139. The van der Waals surface area contributed by atoms with Crippen molar-refractivity contribution in [1.82, 2.24) is 4.90 Å². The van der Waals surface area contributed by atoms with Gasteiger partial charge in [-0.3, -0.25) is 9.59 Å². The highest BCUT2D eigenvalue weighted by Crippen LogP contribution is 2.15. The van der Waals surface area contributed by atoms with Gasteiger partial charge in [0.1, 0.15) is 12.3 Å².